The SMILES string of the molecule is Fc1cccc(F)c1NC(=S)N[C@H]1CCCc2ccccc21. The average molecular weight is 318 g/mol. The quantitative estimate of drug-likeness (QED) is 0.806. The Labute approximate surface area is 133 Å². The first-order valence-corrected chi connectivity index (χ1v) is 7.65. The van der Waals surface area contributed by atoms with Gasteiger partial charge in [0.05, 0.1) is 6.04 Å². The molecule has 5 heteroatoms. The van der Waals surface area contributed by atoms with Crippen LogP contribution in [0.15, 0.2) is 42.5 Å². The Morgan fingerprint density at radius 1 is 1.05 bits per heavy atom. The number of para-hydroxylation sites is 1. The van der Waals surface area contributed by atoms with Crippen molar-refractivity contribution in [2.75, 3.05) is 5.32 Å². The standard InChI is InChI=1S/C17H16F2N2S/c18-13-8-4-9-14(19)16(13)21-17(22)20-15-10-3-6-11-5-1-2-7-12(11)15/h1-2,4-5,7-9,15H,3,6,10H2,(H2,20,21,22)/t15-/m0/s1. The minimum absolute atomic E-state index is 0.0692. The first-order chi connectivity index (χ1) is 10.6. The van der Waals surface area contributed by atoms with Crippen LogP contribution in [-0.4, -0.2) is 5.11 Å². The number of fused-ring (bicyclic) bond motifs is 1. The van der Waals surface area contributed by atoms with E-state index in [0.29, 0.717) is 0 Å². The molecule has 0 fully saturated rings. The number of aryl methyl sites for hydroxylation is 1. The fourth-order valence-electron chi connectivity index (χ4n) is 2.83. The Kier molecular flexibility index (Phi) is 4.34. The van der Waals surface area contributed by atoms with Gasteiger partial charge in [0, 0.05) is 0 Å². The first kappa shape index (κ1) is 14.9. The molecule has 0 amide bonds. The lowest BCUT2D eigenvalue weighted by Crippen LogP contribution is -2.34. The second-order valence-corrected chi connectivity index (χ2v) is 5.75. The summed E-state index contributed by atoms with van der Waals surface area (Å²) in [6, 6.07) is 12.0. The van der Waals surface area contributed by atoms with Gasteiger partial charge in [-0.15, -0.1) is 0 Å². The summed E-state index contributed by atoms with van der Waals surface area (Å²) in [4.78, 5) is 0. The van der Waals surface area contributed by atoms with Gasteiger partial charge in [-0.25, -0.2) is 8.78 Å². The van der Waals surface area contributed by atoms with Gasteiger partial charge in [-0.2, -0.15) is 0 Å². The second-order valence-electron chi connectivity index (χ2n) is 5.34. The van der Waals surface area contributed by atoms with Crippen LogP contribution in [0, 0.1) is 11.6 Å². The average Bonchev–Trinajstić information content (AvgIpc) is 2.51. The molecular formula is C17H16F2N2S. The van der Waals surface area contributed by atoms with Crippen LogP contribution < -0.4 is 10.6 Å². The van der Waals surface area contributed by atoms with Gasteiger partial charge >= 0.3 is 0 Å². The van der Waals surface area contributed by atoms with E-state index in [4.69, 9.17) is 12.2 Å². The molecule has 114 valence electrons. The third-order valence-corrected chi connectivity index (χ3v) is 4.10. The smallest absolute Gasteiger partial charge is 0.171 e. The molecule has 2 nitrogen and oxygen atoms in total. The van der Waals surface area contributed by atoms with E-state index in [-0.39, 0.29) is 16.8 Å². The molecule has 1 atom stereocenters. The summed E-state index contributed by atoms with van der Waals surface area (Å²) in [5, 5.41) is 6.02. The van der Waals surface area contributed by atoms with E-state index in [2.05, 4.69) is 22.8 Å². The summed E-state index contributed by atoms with van der Waals surface area (Å²) in [5.41, 5.74) is 2.28. The van der Waals surface area contributed by atoms with Crippen molar-refractivity contribution in [2.24, 2.45) is 0 Å². The predicted octanol–water partition coefficient (Wildman–Crippen LogP) is 4.33. The molecule has 0 bridgehead atoms. The van der Waals surface area contributed by atoms with Crippen molar-refractivity contribution in [3.8, 4) is 0 Å². The zero-order valence-electron chi connectivity index (χ0n) is 11.9. The van der Waals surface area contributed by atoms with E-state index in [9.17, 15) is 8.78 Å². The van der Waals surface area contributed by atoms with Crippen LogP contribution in [0.5, 0.6) is 0 Å². The van der Waals surface area contributed by atoms with Gasteiger partial charge in [0.25, 0.3) is 0 Å². The molecule has 0 unspecified atom stereocenters. The van der Waals surface area contributed by atoms with Crippen molar-refractivity contribution < 1.29 is 8.78 Å². The highest BCUT2D eigenvalue weighted by Gasteiger charge is 2.20. The van der Waals surface area contributed by atoms with Gasteiger partial charge in [0.15, 0.2) is 5.11 Å². The number of benzene rings is 2. The van der Waals surface area contributed by atoms with Gasteiger partial charge in [-0.3, -0.25) is 0 Å². The van der Waals surface area contributed by atoms with Crippen LogP contribution in [0.3, 0.4) is 0 Å². The number of nitrogens with one attached hydrogen (secondary N) is 2. The molecule has 0 saturated heterocycles. The fourth-order valence-corrected chi connectivity index (χ4v) is 3.07. The van der Waals surface area contributed by atoms with E-state index in [1.165, 1.54) is 29.3 Å². The van der Waals surface area contributed by atoms with Crippen molar-refractivity contribution in [3.05, 3.63) is 65.2 Å². The molecule has 22 heavy (non-hydrogen) atoms. The van der Waals surface area contributed by atoms with Gasteiger partial charge in [0.1, 0.15) is 17.3 Å². The molecule has 0 aliphatic heterocycles. The van der Waals surface area contributed by atoms with Crippen LogP contribution >= 0.6 is 12.2 Å². The molecule has 2 aromatic carbocycles. The summed E-state index contributed by atoms with van der Waals surface area (Å²) in [5.74, 6) is -1.32. The number of thiocarbonyl (C=S) groups is 1. The van der Waals surface area contributed by atoms with Gasteiger partial charge in [-0.05, 0) is 54.7 Å². The van der Waals surface area contributed by atoms with E-state index in [1.54, 1.807) is 0 Å². The third-order valence-electron chi connectivity index (χ3n) is 3.88. The van der Waals surface area contributed by atoms with E-state index < -0.39 is 11.6 Å². The van der Waals surface area contributed by atoms with E-state index >= 15 is 0 Å². The Hall–Kier alpha value is -2.01. The van der Waals surface area contributed by atoms with Crippen LogP contribution in [0.1, 0.15) is 30.0 Å². The topological polar surface area (TPSA) is 24.1 Å². The van der Waals surface area contributed by atoms with Crippen LogP contribution in [-0.2, 0) is 6.42 Å². The number of halogens is 2. The summed E-state index contributed by atoms with van der Waals surface area (Å²) in [6.45, 7) is 0. The van der Waals surface area contributed by atoms with Crippen LogP contribution in [0.2, 0.25) is 0 Å². The normalized spacial score (nSPS) is 16.7. The monoisotopic (exact) mass is 318 g/mol. The van der Waals surface area contributed by atoms with Crippen molar-refractivity contribution in [3.63, 3.8) is 0 Å². The van der Waals surface area contributed by atoms with Crippen molar-refractivity contribution in [1.29, 1.82) is 0 Å². The molecule has 0 spiro atoms. The Morgan fingerprint density at radius 3 is 2.55 bits per heavy atom. The molecule has 1 aliphatic rings. The molecule has 0 heterocycles. The minimum atomic E-state index is -0.659. The molecular weight excluding hydrogens is 302 g/mol. The fraction of sp³-hybridized carbons (Fsp3) is 0.235. The highest BCUT2D eigenvalue weighted by molar-refractivity contribution is 7.80. The first-order valence-electron chi connectivity index (χ1n) is 7.24. The zero-order valence-corrected chi connectivity index (χ0v) is 12.7. The maximum Gasteiger partial charge on any atom is 0.171 e. The lowest BCUT2D eigenvalue weighted by atomic mass is 9.88. The molecule has 3 rings (SSSR count). The van der Waals surface area contributed by atoms with Crippen molar-refractivity contribution >= 4 is 23.0 Å². The van der Waals surface area contributed by atoms with Gasteiger partial charge in [-0.1, -0.05) is 30.3 Å². The molecule has 1 aliphatic carbocycles. The third kappa shape index (κ3) is 3.09. The molecule has 2 aromatic rings. The Balaban J connectivity index is 1.73. The highest BCUT2D eigenvalue weighted by atomic mass is 32.1. The Morgan fingerprint density at radius 2 is 1.77 bits per heavy atom. The van der Waals surface area contributed by atoms with Gasteiger partial charge < -0.3 is 10.6 Å². The molecule has 0 aromatic heterocycles. The predicted molar refractivity (Wildman–Crippen MR) is 87.8 cm³/mol. The van der Waals surface area contributed by atoms with Crippen LogP contribution in [0.4, 0.5) is 14.5 Å². The largest absolute Gasteiger partial charge is 0.356 e. The summed E-state index contributed by atoms with van der Waals surface area (Å²) >= 11 is 5.21. The number of anilines is 1. The summed E-state index contributed by atoms with van der Waals surface area (Å²) < 4.78 is 27.3. The molecule has 0 saturated carbocycles. The number of rotatable bonds is 2. The minimum Gasteiger partial charge on any atom is -0.356 e. The second kappa shape index (κ2) is 6.40. The number of hydrogen-bond acceptors (Lipinski definition) is 1. The van der Waals surface area contributed by atoms with Crippen molar-refractivity contribution in [1.82, 2.24) is 5.32 Å². The lowest BCUT2D eigenvalue weighted by molar-refractivity contribution is 0.528. The van der Waals surface area contributed by atoms with Crippen molar-refractivity contribution in [2.45, 2.75) is 25.3 Å². The van der Waals surface area contributed by atoms with Crippen LogP contribution in [0.25, 0.3) is 0 Å². The summed E-state index contributed by atoms with van der Waals surface area (Å²) in [6.07, 6.45) is 3.06. The maximum absolute atomic E-state index is 13.6. The maximum atomic E-state index is 13.6. The molecule has 2 N–H and O–H groups in total. The van der Waals surface area contributed by atoms with E-state index in [0.717, 1.165) is 19.3 Å². The number of hydrogen-bond donors (Lipinski definition) is 2. The van der Waals surface area contributed by atoms with E-state index in [1.807, 2.05) is 12.1 Å². The molecule has 0 radical (unpaired) electrons. The summed E-state index contributed by atoms with van der Waals surface area (Å²) in [7, 11) is 0. The lowest BCUT2D eigenvalue weighted by Gasteiger charge is -2.27. The highest BCUT2D eigenvalue weighted by Crippen LogP contribution is 2.29. The van der Waals surface area contributed by atoms with Gasteiger partial charge in [0.2, 0.25) is 0 Å². The Bertz CT molecular complexity index is 683. The zero-order chi connectivity index (χ0) is 15.5.